The molecule has 0 heterocycles. The van der Waals surface area contributed by atoms with Gasteiger partial charge in [0.15, 0.2) is 0 Å². The number of carbonyl (C=O) groups is 1. The first-order valence-corrected chi connectivity index (χ1v) is 14.0. The summed E-state index contributed by atoms with van der Waals surface area (Å²) in [4.78, 5) is 12.1. The first-order valence-electron chi connectivity index (χ1n) is 14.0. The van der Waals surface area contributed by atoms with E-state index in [1.54, 1.807) is 30.3 Å². The molecule has 0 aromatic heterocycles. The van der Waals surface area contributed by atoms with Gasteiger partial charge in [-0.05, 0) is 80.3 Å². The summed E-state index contributed by atoms with van der Waals surface area (Å²) in [6.07, 6.45) is 36.3. The third kappa shape index (κ3) is 15.8. The number of phenols is 2. The Morgan fingerprint density at radius 3 is 1.57 bits per heavy atom. The van der Waals surface area contributed by atoms with Crippen molar-refractivity contribution in [1.29, 1.82) is 0 Å². The van der Waals surface area contributed by atoms with E-state index in [1.807, 2.05) is 24.3 Å². The summed E-state index contributed by atoms with van der Waals surface area (Å²) in [7, 11) is 0. The maximum atomic E-state index is 12.1. The van der Waals surface area contributed by atoms with Crippen LogP contribution >= 0.6 is 0 Å². The maximum Gasteiger partial charge on any atom is 0.311 e. The lowest BCUT2D eigenvalue weighted by Gasteiger charge is -2.04. The normalized spacial score (nSPS) is 12.5. The van der Waals surface area contributed by atoms with Crippen LogP contribution < -0.4 is 4.74 Å². The van der Waals surface area contributed by atoms with Crippen LogP contribution in [0.25, 0.3) is 12.2 Å². The Balaban J connectivity index is 1.54. The van der Waals surface area contributed by atoms with Gasteiger partial charge >= 0.3 is 5.97 Å². The smallest absolute Gasteiger partial charge is 0.311 e. The highest BCUT2D eigenvalue weighted by molar-refractivity contribution is 5.73. The summed E-state index contributed by atoms with van der Waals surface area (Å²) in [6.45, 7) is 2.15. The summed E-state index contributed by atoms with van der Waals surface area (Å²) in [5.74, 6) is 0.245. The first-order chi connectivity index (χ1) is 19.6. The molecule has 2 rings (SSSR count). The Kier molecular flexibility index (Phi) is 16.5. The van der Waals surface area contributed by atoms with Gasteiger partial charge in [-0.1, -0.05) is 104 Å². The molecule has 0 unspecified atom stereocenters. The molecule has 2 aromatic rings. The molecule has 40 heavy (non-hydrogen) atoms. The lowest BCUT2D eigenvalue weighted by atomic mass is 10.1. The minimum atomic E-state index is -0.266. The fourth-order valence-corrected chi connectivity index (χ4v) is 3.58. The SMILES string of the molecule is CC/C=C\C/C=C\C/C=C\C/C=C\C/C=C\C/C=C\CCC(=O)Oc1ccc(/C=C/c2cc(O)cc(O)c2)cc1. The molecule has 0 saturated carbocycles. The van der Waals surface area contributed by atoms with Crippen LogP contribution in [0.5, 0.6) is 17.2 Å². The molecule has 0 atom stereocenters. The summed E-state index contributed by atoms with van der Waals surface area (Å²) in [6, 6.07) is 11.6. The summed E-state index contributed by atoms with van der Waals surface area (Å²) >= 11 is 0. The highest BCUT2D eigenvalue weighted by Crippen LogP contribution is 2.22. The Bertz CT molecular complexity index is 1190. The van der Waals surface area contributed by atoms with Crippen LogP contribution in [0, 0.1) is 0 Å². The number of benzene rings is 2. The van der Waals surface area contributed by atoms with Crippen molar-refractivity contribution < 1.29 is 19.7 Å². The quantitative estimate of drug-likeness (QED) is 0.0910. The number of hydrogen-bond acceptors (Lipinski definition) is 4. The van der Waals surface area contributed by atoms with E-state index in [0.717, 1.165) is 44.1 Å². The third-order valence-corrected chi connectivity index (χ3v) is 5.62. The zero-order chi connectivity index (χ0) is 28.7. The molecule has 0 aliphatic rings. The predicted molar refractivity (Wildman–Crippen MR) is 168 cm³/mol. The van der Waals surface area contributed by atoms with Gasteiger partial charge in [0.05, 0.1) is 0 Å². The second-order valence-corrected chi connectivity index (χ2v) is 9.11. The molecule has 0 fully saturated rings. The van der Waals surface area contributed by atoms with E-state index in [9.17, 15) is 15.0 Å². The van der Waals surface area contributed by atoms with Gasteiger partial charge in [-0.25, -0.2) is 0 Å². The molecule has 0 aliphatic heterocycles. The number of hydrogen-bond donors (Lipinski definition) is 2. The van der Waals surface area contributed by atoms with Crippen LogP contribution in [-0.2, 0) is 4.79 Å². The highest BCUT2D eigenvalue weighted by atomic mass is 16.5. The van der Waals surface area contributed by atoms with Crippen LogP contribution in [0.3, 0.4) is 0 Å². The topological polar surface area (TPSA) is 66.8 Å². The molecule has 2 aromatic carbocycles. The van der Waals surface area contributed by atoms with E-state index in [2.05, 4.69) is 73.8 Å². The molecule has 0 aliphatic carbocycles. The van der Waals surface area contributed by atoms with E-state index in [1.165, 1.54) is 6.07 Å². The van der Waals surface area contributed by atoms with Crippen molar-refractivity contribution in [2.24, 2.45) is 0 Å². The van der Waals surface area contributed by atoms with Gasteiger partial charge in [0.25, 0.3) is 0 Å². The van der Waals surface area contributed by atoms with Gasteiger partial charge in [0, 0.05) is 12.5 Å². The molecule has 0 radical (unpaired) electrons. The van der Waals surface area contributed by atoms with E-state index in [4.69, 9.17) is 4.74 Å². The highest BCUT2D eigenvalue weighted by Gasteiger charge is 2.03. The van der Waals surface area contributed by atoms with Crippen LogP contribution in [0.1, 0.15) is 69.4 Å². The first kappa shape index (κ1) is 31.9. The van der Waals surface area contributed by atoms with E-state index in [0.29, 0.717) is 24.2 Å². The van der Waals surface area contributed by atoms with Gasteiger partial charge < -0.3 is 14.9 Å². The second kappa shape index (κ2) is 20.6. The van der Waals surface area contributed by atoms with Crippen molar-refractivity contribution in [3.8, 4) is 17.2 Å². The fourth-order valence-electron chi connectivity index (χ4n) is 3.58. The number of esters is 1. The van der Waals surface area contributed by atoms with Crippen LogP contribution in [0.2, 0.25) is 0 Å². The summed E-state index contributed by atoms with van der Waals surface area (Å²) < 4.78 is 5.41. The lowest BCUT2D eigenvalue weighted by molar-refractivity contribution is -0.134. The molecule has 0 saturated heterocycles. The molecule has 0 bridgehead atoms. The third-order valence-electron chi connectivity index (χ3n) is 5.62. The largest absolute Gasteiger partial charge is 0.508 e. The van der Waals surface area contributed by atoms with Crippen LogP contribution in [0.15, 0.2) is 115 Å². The average molecular weight is 539 g/mol. The molecule has 0 amide bonds. The molecule has 2 N–H and O–H groups in total. The molecule has 4 heteroatoms. The zero-order valence-corrected chi connectivity index (χ0v) is 23.5. The monoisotopic (exact) mass is 538 g/mol. The van der Waals surface area contributed by atoms with E-state index < -0.39 is 0 Å². The van der Waals surface area contributed by atoms with Gasteiger partial charge in [0.2, 0.25) is 0 Å². The van der Waals surface area contributed by atoms with E-state index in [-0.39, 0.29) is 17.5 Å². The van der Waals surface area contributed by atoms with Crippen molar-refractivity contribution in [3.63, 3.8) is 0 Å². The van der Waals surface area contributed by atoms with Crippen molar-refractivity contribution in [2.45, 2.75) is 58.3 Å². The average Bonchev–Trinajstić information content (AvgIpc) is 2.93. The minimum Gasteiger partial charge on any atom is -0.508 e. The van der Waals surface area contributed by atoms with Crippen molar-refractivity contribution in [1.82, 2.24) is 0 Å². The Labute approximate surface area is 239 Å². The number of carbonyl (C=O) groups excluding carboxylic acids is 1. The van der Waals surface area contributed by atoms with Gasteiger partial charge in [-0.15, -0.1) is 0 Å². The van der Waals surface area contributed by atoms with Gasteiger partial charge in [-0.3, -0.25) is 4.79 Å². The number of allylic oxidation sites excluding steroid dienone is 12. The minimum absolute atomic E-state index is 0.00549. The summed E-state index contributed by atoms with van der Waals surface area (Å²) in [5.41, 5.74) is 1.59. The van der Waals surface area contributed by atoms with Crippen LogP contribution in [0.4, 0.5) is 0 Å². The molecular formula is C36H42O4. The zero-order valence-electron chi connectivity index (χ0n) is 23.5. The van der Waals surface area contributed by atoms with Crippen molar-refractivity contribution in [3.05, 3.63) is 127 Å². The predicted octanol–water partition coefficient (Wildman–Crippen LogP) is 9.65. The number of phenolic OH excluding ortho intramolecular Hbond substituents is 2. The van der Waals surface area contributed by atoms with E-state index >= 15 is 0 Å². The second-order valence-electron chi connectivity index (χ2n) is 9.11. The molecular weight excluding hydrogens is 496 g/mol. The van der Waals surface area contributed by atoms with Crippen LogP contribution in [-0.4, -0.2) is 16.2 Å². The number of rotatable bonds is 17. The van der Waals surface area contributed by atoms with Crippen molar-refractivity contribution in [2.75, 3.05) is 0 Å². The Hall–Kier alpha value is -4.31. The molecule has 0 spiro atoms. The summed E-state index contributed by atoms with van der Waals surface area (Å²) in [5, 5.41) is 19.1. The van der Waals surface area contributed by atoms with Gasteiger partial charge in [0.1, 0.15) is 17.2 Å². The van der Waals surface area contributed by atoms with Crippen molar-refractivity contribution >= 4 is 18.1 Å². The number of aromatic hydroxyl groups is 2. The number of ether oxygens (including phenoxy) is 1. The Morgan fingerprint density at radius 1 is 0.625 bits per heavy atom. The lowest BCUT2D eigenvalue weighted by Crippen LogP contribution is -2.06. The molecule has 4 nitrogen and oxygen atoms in total. The van der Waals surface area contributed by atoms with Gasteiger partial charge in [-0.2, -0.15) is 0 Å². The molecule has 210 valence electrons. The maximum absolute atomic E-state index is 12.1. The standard InChI is InChI=1S/C36H42O4/c1-2-3-4-5-6-7-8-9-10-11-12-13-14-15-16-17-18-19-20-21-36(39)40-35-26-24-31(25-27-35)22-23-32-28-33(37)30-34(38)29-32/h3-4,6-7,9-10,12-13,15-16,18-19,22-30,37-38H,2,5,8,11,14,17,20-21H2,1H3/b4-3-,7-6-,10-9-,13-12-,16-15-,19-18-,23-22+. The fraction of sp³-hybridized carbons (Fsp3) is 0.250. The Morgan fingerprint density at radius 2 is 1.07 bits per heavy atom.